The zero-order valence-corrected chi connectivity index (χ0v) is 26.8. The molecule has 0 N–H and O–H groups in total. The first kappa shape index (κ1) is 31.6. The van der Waals surface area contributed by atoms with Crippen LogP contribution in [0.25, 0.3) is 0 Å². The molecule has 0 fully saturated rings. The van der Waals surface area contributed by atoms with E-state index < -0.39 is 21.5 Å². The molecule has 0 saturated carbocycles. The molecule has 1 aromatic carbocycles. The fourth-order valence-electron chi connectivity index (χ4n) is 5.67. The van der Waals surface area contributed by atoms with Gasteiger partial charge in [0.2, 0.25) is 10.0 Å². The molecule has 3 aromatic heterocycles. The molecule has 232 valence electrons. The number of rotatable bonds is 11. The van der Waals surface area contributed by atoms with Gasteiger partial charge >= 0.3 is 0 Å². The van der Waals surface area contributed by atoms with Crippen molar-refractivity contribution in [3.05, 3.63) is 101 Å². The van der Waals surface area contributed by atoms with E-state index >= 15 is 0 Å². The van der Waals surface area contributed by atoms with Crippen LogP contribution in [0.15, 0.2) is 72.1 Å². The standard InChI is InChI=1S/C33H40N6O4S/c1-6-38-21-28(36-37-38)22-43-32(33(4,5)31(40)16-25-9-7-13-34-18-25)26-12-11-24(3)27(17-26)20-39-19-23(2)15-29-30(44(39,41)42)10-8-14-35-29/h7-14,17-18,21,23,32H,6,15-16,19-20,22H2,1-5H3/t23-,32-/m0/s1. The third-order valence-electron chi connectivity index (χ3n) is 8.32. The van der Waals surface area contributed by atoms with Crippen molar-refractivity contribution in [1.29, 1.82) is 0 Å². The lowest BCUT2D eigenvalue weighted by Gasteiger charge is -2.34. The summed E-state index contributed by atoms with van der Waals surface area (Å²) in [5, 5.41) is 8.34. The fraction of sp³-hybridized carbons (Fsp3) is 0.424. The molecule has 44 heavy (non-hydrogen) atoms. The van der Waals surface area contributed by atoms with Crippen LogP contribution in [0.4, 0.5) is 0 Å². The van der Waals surface area contributed by atoms with Crippen molar-refractivity contribution in [3.63, 3.8) is 0 Å². The summed E-state index contributed by atoms with van der Waals surface area (Å²) in [4.78, 5) is 22.6. The van der Waals surface area contributed by atoms with Gasteiger partial charge in [-0.2, -0.15) is 4.31 Å². The maximum Gasteiger partial charge on any atom is 0.245 e. The Balaban J connectivity index is 1.48. The largest absolute Gasteiger partial charge is 0.366 e. The second-order valence-corrected chi connectivity index (χ2v) is 14.1. The van der Waals surface area contributed by atoms with Crippen LogP contribution in [-0.2, 0) is 52.1 Å². The molecule has 0 bridgehead atoms. The summed E-state index contributed by atoms with van der Waals surface area (Å²) < 4.78 is 37.4. The summed E-state index contributed by atoms with van der Waals surface area (Å²) in [6, 6.07) is 12.9. The number of fused-ring (bicyclic) bond motifs is 1. The topological polar surface area (TPSA) is 120 Å². The summed E-state index contributed by atoms with van der Waals surface area (Å²) in [5.41, 5.74) is 3.77. The highest BCUT2D eigenvalue weighted by molar-refractivity contribution is 7.89. The van der Waals surface area contributed by atoms with Crippen molar-refractivity contribution >= 4 is 15.8 Å². The molecule has 0 unspecified atom stereocenters. The van der Waals surface area contributed by atoms with Gasteiger partial charge in [0, 0.05) is 44.6 Å². The Labute approximate surface area is 259 Å². The Hall–Kier alpha value is -3.80. The second-order valence-electron chi connectivity index (χ2n) is 12.2. The molecule has 0 spiro atoms. The number of nitrogens with zero attached hydrogens (tertiary/aromatic N) is 6. The third kappa shape index (κ3) is 6.80. The maximum atomic E-state index is 13.8. The van der Waals surface area contributed by atoms with Crippen LogP contribution in [0.1, 0.15) is 67.4 Å². The van der Waals surface area contributed by atoms with Crippen LogP contribution in [-0.4, -0.2) is 50.0 Å². The summed E-state index contributed by atoms with van der Waals surface area (Å²) >= 11 is 0. The zero-order chi connectivity index (χ0) is 31.5. The number of aryl methyl sites for hydroxylation is 2. The third-order valence-corrected chi connectivity index (χ3v) is 10.2. The molecule has 4 heterocycles. The SMILES string of the molecule is CCn1cc(CO[C@@H](c2ccc(C)c(CN3C[C@@H](C)Cc4ncccc4S3(=O)=O)c2)C(C)(C)C(=O)Cc2cccnc2)nn1. The van der Waals surface area contributed by atoms with E-state index in [0.717, 1.165) is 22.3 Å². The van der Waals surface area contributed by atoms with Crippen molar-refractivity contribution in [2.45, 2.75) is 78.2 Å². The lowest BCUT2D eigenvalue weighted by molar-refractivity contribution is -0.137. The van der Waals surface area contributed by atoms with E-state index in [-0.39, 0.29) is 36.2 Å². The number of carbonyl (C=O) groups excluding carboxylic acids is 1. The van der Waals surface area contributed by atoms with Crippen LogP contribution in [0, 0.1) is 18.3 Å². The van der Waals surface area contributed by atoms with Gasteiger partial charge < -0.3 is 4.74 Å². The number of hydrogen-bond donors (Lipinski definition) is 0. The smallest absolute Gasteiger partial charge is 0.245 e. The summed E-state index contributed by atoms with van der Waals surface area (Å²) in [5.74, 6) is 0.101. The number of ether oxygens (including phenoxy) is 1. The van der Waals surface area contributed by atoms with Gasteiger partial charge in [0.25, 0.3) is 0 Å². The molecule has 2 atom stereocenters. The van der Waals surface area contributed by atoms with Gasteiger partial charge in [-0.05, 0) is 66.6 Å². The minimum Gasteiger partial charge on any atom is -0.366 e. The molecule has 11 heteroatoms. The van der Waals surface area contributed by atoms with E-state index in [2.05, 4.69) is 20.3 Å². The highest BCUT2D eigenvalue weighted by Crippen LogP contribution is 2.40. The predicted octanol–water partition coefficient (Wildman–Crippen LogP) is 4.88. The number of hydrogen-bond acceptors (Lipinski definition) is 8. The molecule has 1 aliphatic heterocycles. The first-order valence-electron chi connectivity index (χ1n) is 14.9. The molecule has 0 aliphatic carbocycles. The highest BCUT2D eigenvalue weighted by atomic mass is 32.2. The van der Waals surface area contributed by atoms with Gasteiger partial charge in [-0.25, -0.2) is 8.42 Å². The lowest BCUT2D eigenvalue weighted by Crippen LogP contribution is -2.35. The Morgan fingerprint density at radius 1 is 1.16 bits per heavy atom. The molecule has 0 amide bonds. The minimum absolute atomic E-state index is 0.00265. The molecular weight excluding hydrogens is 576 g/mol. The lowest BCUT2D eigenvalue weighted by atomic mass is 9.76. The monoisotopic (exact) mass is 616 g/mol. The van der Waals surface area contributed by atoms with E-state index in [9.17, 15) is 13.2 Å². The van der Waals surface area contributed by atoms with E-state index in [4.69, 9.17) is 4.74 Å². The summed E-state index contributed by atoms with van der Waals surface area (Å²) in [6.45, 7) is 11.2. The summed E-state index contributed by atoms with van der Waals surface area (Å²) in [6.07, 6.45) is 7.03. The van der Waals surface area contributed by atoms with Crippen molar-refractivity contribution in [1.82, 2.24) is 29.3 Å². The Bertz CT molecular complexity index is 1720. The van der Waals surface area contributed by atoms with E-state index in [0.29, 0.717) is 30.9 Å². The Morgan fingerprint density at radius 2 is 1.95 bits per heavy atom. The number of sulfonamides is 1. The zero-order valence-electron chi connectivity index (χ0n) is 26.0. The molecule has 0 radical (unpaired) electrons. The van der Waals surface area contributed by atoms with Crippen molar-refractivity contribution < 1.29 is 17.9 Å². The second kappa shape index (κ2) is 13.1. The number of carbonyl (C=O) groups is 1. The van der Waals surface area contributed by atoms with Gasteiger partial charge in [0.1, 0.15) is 16.4 Å². The number of aromatic nitrogens is 5. The average molecular weight is 617 g/mol. The van der Waals surface area contributed by atoms with Gasteiger partial charge in [-0.1, -0.05) is 50.3 Å². The first-order valence-corrected chi connectivity index (χ1v) is 16.4. The van der Waals surface area contributed by atoms with Crippen molar-refractivity contribution in [2.24, 2.45) is 11.3 Å². The predicted molar refractivity (Wildman–Crippen MR) is 166 cm³/mol. The van der Waals surface area contributed by atoms with E-state index in [1.165, 1.54) is 0 Å². The van der Waals surface area contributed by atoms with Crippen LogP contribution in [0.2, 0.25) is 0 Å². The van der Waals surface area contributed by atoms with Gasteiger partial charge in [0.05, 0.1) is 30.0 Å². The van der Waals surface area contributed by atoms with E-state index in [1.54, 1.807) is 39.7 Å². The van der Waals surface area contributed by atoms with Crippen LogP contribution in [0.5, 0.6) is 0 Å². The molecule has 0 saturated heterocycles. The molecule has 4 aromatic rings. The maximum absolute atomic E-state index is 13.8. The van der Waals surface area contributed by atoms with Crippen LogP contribution >= 0.6 is 0 Å². The Kier molecular flexibility index (Phi) is 9.38. The normalized spacial score (nSPS) is 17.5. The van der Waals surface area contributed by atoms with Crippen molar-refractivity contribution in [2.75, 3.05) is 6.54 Å². The fourth-order valence-corrected chi connectivity index (χ4v) is 7.39. The van der Waals surface area contributed by atoms with Gasteiger partial charge in [-0.3, -0.25) is 19.4 Å². The van der Waals surface area contributed by atoms with Crippen LogP contribution < -0.4 is 0 Å². The first-order chi connectivity index (χ1) is 21.0. The molecule has 1 aliphatic rings. The van der Waals surface area contributed by atoms with Crippen molar-refractivity contribution in [3.8, 4) is 0 Å². The number of pyridine rings is 2. The minimum atomic E-state index is -3.76. The number of Topliss-reactive ketones (excluding diaryl/α,β-unsaturated/α-hetero) is 1. The van der Waals surface area contributed by atoms with Gasteiger partial charge in [0.15, 0.2) is 0 Å². The number of ketones is 1. The highest BCUT2D eigenvalue weighted by Gasteiger charge is 2.39. The van der Waals surface area contributed by atoms with Crippen LogP contribution in [0.3, 0.4) is 0 Å². The molecular formula is C33H40N6O4S. The summed E-state index contributed by atoms with van der Waals surface area (Å²) in [7, 11) is -3.76. The number of benzene rings is 1. The molecule has 5 rings (SSSR count). The van der Waals surface area contributed by atoms with Gasteiger partial charge in [-0.15, -0.1) is 5.10 Å². The Morgan fingerprint density at radius 3 is 2.68 bits per heavy atom. The quantitative estimate of drug-likeness (QED) is 0.234. The molecule has 10 nitrogen and oxygen atoms in total. The van der Waals surface area contributed by atoms with E-state index in [1.807, 2.05) is 71.1 Å². The average Bonchev–Trinajstić information content (AvgIpc) is 3.43.